The molecule has 1 aliphatic rings. The summed E-state index contributed by atoms with van der Waals surface area (Å²) in [5.41, 5.74) is 16.8. The van der Waals surface area contributed by atoms with Crippen LogP contribution in [0, 0.1) is 0 Å². The summed E-state index contributed by atoms with van der Waals surface area (Å²) in [4.78, 5) is 2.37. The molecule has 12 aromatic rings. The molecule has 0 saturated heterocycles. The minimum absolute atomic E-state index is 0.496. The summed E-state index contributed by atoms with van der Waals surface area (Å²) in [6.07, 6.45) is 0. The number of hydrogen-bond donors (Lipinski definition) is 0. The monoisotopic (exact) mass is 833 g/mol. The Morgan fingerprint density at radius 2 is 0.906 bits per heavy atom. The van der Waals surface area contributed by atoms with Gasteiger partial charge in [0.2, 0.25) is 0 Å². The molecule has 0 saturated carbocycles. The highest BCUT2D eigenvalue weighted by Gasteiger charge is 2.46. The fraction of sp³-hybridized carbons (Fsp3) is 0.0164. The molecule has 300 valence electrons. The van der Waals surface area contributed by atoms with Crippen molar-refractivity contribution < 1.29 is 4.42 Å². The van der Waals surface area contributed by atoms with E-state index in [-0.39, 0.29) is 0 Å². The first kappa shape index (κ1) is 36.7. The van der Waals surface area contributed by atoms with E-state index in [1.54, 1.807) is 0 Å². The van der Waals surface area contributed by atoms with Crippen LogP contribution in [0.2, 0.25) is 0 Å². The van der Waals surface area contributed by atoms with Crippen molar-refractivity contribution in [2.75, 3.05) is 4.90 Å². The van der Waals surface area contributed by atoms with Crippen LogP contribution in [0.3, 0.4) is 0 Å². The Labute approximate surface area is 375 Å². The molecule has 0 aliphatic heterocycles. The predicted octanol–water partition coefficient (Wildman–Crippen LogP) is 17.1. The Morgan fingerprint density at radius 3 is 1.64 bits per heavy atom. The van der Waals surface area contributed by atoms with Crippen molar-refractivity contribution in [3.8, 4) is 33.4 Å². The van der Waals surface area contributed by atoms with Gasteiger partial charge in [-0.15, -0.1) is 11.3 Å². The molecule has 0 unspecified atom stereocenters. The first-order valence-corrected chi connectivity index (χ1v) is 22.7. The molecule has 1 aliphatic carbocycles. The molecule has 0 fully saturated rings. The van der Waals surface area contributed by atoms with Gasteiger partial charge in [-0.05, 0) is 116 Å². The zero-order valence-corrected chi connectivity index (χ0v) is 35.6. The van der Waals surface area contributed by atoms with Gasteiger partial charge in [0.1, 0.15) is 11.2 Å². The number of benzene rings is 10. The molecule has 0 spiro atoms. The zero-order valence-electron chi connectivity index (χ0n) is 34.8. The molecule has 13 rings (SSSR count). The van der Waals surface area contributed by atoms with Crippen molar-refractivity contribution in [3.05, 3.63) is 259 Å². The van der Waals surface area contributed by atoms with Gasteiger partial charge in [0.15, 0.2) is 0 Å². The SMILES string of the molecule is c1ccc(-c2ccc(N(c3ccc(-c4cccc5c4sc4ccccc45)cc3)c3ccc4oc5cc6c(cc5c4c3)-c3ccccc3C6(c3ccccc3)c3ccccc3)cc2)cc1. The molecule has 64 heavy (non-hydrogen) atoms. The molecule has 0 atom stereocenters. The third kappa shape index (κ3) is 5.58. The number of thiophene rings is 1. The van der Waals surface area contributed by atoms with E-state index in [0.29, 0.717) is 0 Å². The second-order valence-electron chi connectivity index (χ2n) is 16.8. The molecule has 0 radical (unpaired) electrons. The van der Waals surface area contributed by atoms with Crippen molar-refractivity contribution in [3.63, 3.8) is 0 Å². The van der Waals surface area contributed by atoms with Crippen LogP contribution in [0.25, 0.3) is 75.5 Å². The number of rotatable bonds is 7. The number of fused-ring (bicyclic) bond motifs is 9. The number of furan rings is 1. The summed E-state index contributed by atoms with van der Waals surface area (Å²) in [5.74, 6) is 0. The lowest BCUT2D eigenvalue weighted by molar-refractivity contribution is 0.666. The topological polar surface area (TPSA) is 16.4 Å². The van der Waals surface area contributed by atoms with E-state index in [9.17, 15) is 0 Å². The lowest BCUT2D eigenvalue weighted by Gasteiger charge is -2.33. The largest absolute Gasteiger partial charge is 0.456 e. The third-order valence-electron chi connectivity index (χ3n) is 13.4. The maximum Gasteiger partial charge on any atom is 0.135 e. The summed E-state index contributed by atoms with van der Waals surface area (Å²) in [6.45, 7) is 0. The average Bonchev–Trinajstić information content (AvgIpc) is 4.02. The van der Waals surface area contributed by atoms with E-state index >= 15 is 0 Å². The maximum atomic E-state index is 6.86. The van der Waals surface area contributed by atoms with Crippen molar-refractivity contribution in [2.45, 2.75) is 5.41 Å². The van der Waals surface area contributed by atoms with Gasteiger partial charge in [0.25, 0.3) is 0 Å². The van der Waals surface area contributed by atoms with Gasteiger partial charge in [-0.3, -0.25) is 0 Å². The molecular weight excluding hydrogens is 795 g/mol. The molecule has 10 aromatic carbocycles. The summed E-state index contributed by atoms with van der Waals surface area (Å²) < 4.78 is 9.49. The third-order valence-corrected chi connectivity index (χ3v) is 14.6. The summed E-state index contributed by atoms with van der Waals surface area (Å²) in [5, 5.41) is 4.81. The first-order chi connectivity index (χ1) is 31.7. The Balaban J connectivity index is 0.976. The number of hydrogen-bond acceptors (Lipinski definition) is 3. The molecule has 0 N–H and O–H groups in total. The highest BCUT2D eigenvalue weighted by atomic mass is 32.1. The Kier molecular flexibility index (Phi) is 8.34. The quantitative estimate of drug-likeness (QED) is 0.159. The fourth-order valence-electron chi connectivity index (χ4n) is 10.5. The van der Waals surface area contributed by atoms with Crippen LogP contribution in [-0.2, 0) is 5.41 Å². The second kappa shape index (κ2) is 14.6. The van der Waals surface area contributed by atoms with Gasteiger partial charge >= 0.3 is 0 Å². The average molecular weight is 834 g/mol. The summed E-state index contributed by atoms with van der Waals surface area (Å²) in [6, 6.07) is 86.2. The van der Waals surface area contributed by atoms with Gasteiger partial charge in [-0.25, -0.2) is 0 Å². The first-order valence-electron chi connectivity index (χ1n) is 21.9. The standard InChI is InChI=1S/C61H39NOS/c1-4-15-40(16-5-1)41-27-31-45(32-28-41)62(46-33-29-42(30-34-46)48-23-14-24-51-50-22-11-13-26-59(50)64-60(48)51)47-35-36-57-53(37-47)54-38-52-49-21-10-12-25-55(49)61(43-17-6-2-7-18-43,44-19-8-3-9-20-44)56(52)39-58(54)63-57/h1-39H. The van der Waals surface area contributed by atoms with Gasteiger partial charge in [-0.1, -0.05) is 176 Å². The number of anilines is 3. The van der Waals surface area contributed by atoms with Crippen LogP contribution in [-0.4, -0.2) is 0 Å². The molecule has 2 aromatic heterocycles. The molecule has 2 nitrogen and oxygen atoms in total. The maximum absolute atomic E-state index is 6.86. The van der Waals surface area contributed by atoms with Gasteiger partial charge in [0, 0.05) is 48.0 Å². The molecule has 3 heteroatoms. The van der Waals surface area contributed by atoms with E-state index in [1.165, 1.54) is 75.8 Å². The highest BCUT2D eigenvalue weighted by Crippen LogP contribution is 2.57. The second-order valence-corrected chi connectivity index (χ2v) is 17.8. The van der Waals surface area contributed by atoms with Gasteiger partial charge < -0.3 is 9.32 Å². The summed E-state index contributed by atoms with van der Waals surface area (Å²) >= 11 is 1.87. The minimum atomic E-state index is -0.496. The van der Waals surface area contributed by atoms with Crippen LogP contribution in [0.4, 0.5) is 17.1 Å². The minimum Gasteiger partial charge on any atom is -0.456 e. The van der Waals surface area contributed by atoms with E-state index in [0.717, 1.165) is 39.0 Å². The molecule has 2 heterocycles. The van der Waals surface area contributed by atoms with Crippen LogP contribution in [0.5, 0.6) is 0 Å². The van der Waals surface area contributed by atoms with Gasteiger partial charge in [0.05, 0.1) is 5.41 Å². The van der Waals surface area contributed by atoms with Crippen LogP contribution in [0.1, 0.15) is 22.3 Å². The van der Waals surface area contributed by atoms with Crippen LogP contribution in [0.15, 0.2) is 241 Å². The van der Waals surface area contributed by atoms with E-state index in [4.69, 9.17) is 4.42 Å². The molecule has 0 amide bonds. The number of nitrogens with zero attached hydrogens (tertiary/aromatic N) is 1. The fourth-order valence-corrected chi connectivity index (χ4v) is 11.7. The Hall–Kier alpha value is -7.98. The molecular formula is C61H39NOS. The lowest BCUT2D eigenvalue weighted by atomic mass is 9.67. The van der Waals surface area contributed by atoms with E-state index < -0.39 is 5.41 Å². The van der Waals surface area contributed by atoms with E-state index in [1.807, 2.05) is 11.3 Å². The predicted molar refractivity (Wildman–Crippen MR) is 269 cm³/mol. The Bertz CT molecular complexity index is 3660. The van der Waals surface area contributed by atoms with Crippen LogP contribution < -0.4 is 4.90 Å². The van der Waals surface area contributed by atoms with Crippen molar-refractivity contribution in [2.24, 2.45) is 0 Å². The zero-order chi connectivity index (χ0) is 42.2. The highest BCUT2D eigenvalue weighted by molar-refractivity contribution is 7.26. The van der Waals surface area contributed by atoms with E-state index in [2.05, 4.69) is 241 Å². The lowest BCUT2D eigenvalue weighted by Crippen LogP contribution is -2.28. The summed E-state index contributed by atoms with van der Waals surface area (Å²) in [7, 11) is 0. The van der Waals surface area contributed by atoms with Gasteiger partial charge in [-0.2, -0.15) is 0 Å². The molecule has 0 bridgehead atoms. The normalized spacial score (nSPS) is 12.8. The Morgan fingerprint density at radius 1 is 0.344 bits per heavy atom. The van der Waals surface area contributed by atoms with Crippen molar-refractivity contribution in [1.82, 2.24) is 0 Å². The van der Waals surface area contributed by atoms with Crippen molar-refractivity contribution in [1.29, 1.82) is 0 Å². The van der Waals surface area contributed by atoms with Crippen molar-refractivity contribution >= 4 is 70.5 Å². The van der Waals surface area contributed by atoms with Crippen LogP contribution >= 0.6 is 11.3 Å². The smallest absolute Gasteiger partial charge is 0.135 e.